The van der Waals surface area contributed by atoms with Crippen molar-refractivity contribution in [2.45, 2.75) is 32.7 Å². The summed E-state index contributed by atoms with van der Waals surface area (Å²) in [4.78, 5) is 1.68. The molecule has 1 unspecified atom stereocenters. The van der Waals surface area contributed by atoms with Gasteiger partial charge in [-0.15, -0.1) is 0 Å². The predicted molar refractivity (Wildman–Crippen MR) is 126 cm³/mol. The Morgan fingerprint density at radius 2 is 1.71 bits per heavy atom. The van der Waals surface area contributed by atoms with Gasteiger partial charge in [0.1, 0.15) is 22.3 Å². The monoisotopic (exact) mass is 515 g/mol. The molecule has 0 aliphatic heterocycles. The molecule has 3 aromatic carbocycles. The van der Waals surface area contributed by atoms with Gasteiger partial charge in [-0.2, -0.15) is 13.2 Å². The molecule has 182 valence electrons. The average Bonchev–Trinajstić information content (AvgIpc) is 2.77. The van der Waals surface area contributed by atoms with Gasteiger partial charge in [-0.25, -0.2) is 4.39 Å². The second-order valence-corrected chi connectivity index (χ2v) is 8.93. The maximum atomic E-state index is 14.6. The van der Waals surface area contributed by atoms with Crippen LogP contribution in [0.1, 0.15) is 25.0 Å². The highest BCUT2D eigenvalue weighted by atomic mass is 35.5. The summed E-state index contributed by atoms with van der Waals surface area (Å²) >= 11 is 12.2. The zero-order valence-corrected chi connectivity index (χ0v) is 19.9. The zero-order valence-electron chi connectivity index (χ0n) is 18.4. The molecule has 0 radical (unpaired) electrons. The van der Waals surface area contributed by atoms with E-state index in [-0.39, 0.29) is 29.6 Å². The van der Waals surface area contributed by atoms with Gasteiger partial charge in [0.05, 0.1) is 16.7 Å². The van der Waals surface area contributed by atoms with Crippen LogP contribution in [0.25, 0.3) is 0 Å². The molecule has 0 spiro atoms. The fraction of sp³-hybridized carbons (Fsp3) is 0.280. The van der Waals surface area contributed by atoms with Crippen LogP contribution in [-0.4, -0.2) is 17.8 Å². The number of ether oxygens (including phenoxy) is 1. The van der Waals surface area contributed by atoms with Gasteiger partial charge in [0, 0.05) is 30.4 Å². The average molecular weight is 516 g/mol. The van der Waals surface area contributed by atoms with Crippen LogP contribution in [0.4, 0.5) is 23.2 Å². The molecule has 0 bridgehead atoms. The minimum atomic E-state index is -4.64. The lowest BCUT2D eigenvalue weighted by Gasteiger charge is -2.29. The highest BCUT2D eigenvalue weighted by molar-refractivity contribution is 6.42. The molecule has 1 atom stereocenters. The standard InChI is InChI=1S/C25H23Cl2F4NO2/c1-15(2)22(33)14-32(13-16-9-10-17(11-21(16)28)25(29,30)31)18-5-3-6-19(12-18)34-23-8-4-7-20(26)24(23)27/h3-12,15,22,33H,13-14H2,1-2H3. The minimum absolute atomic E-state index is 0.0604. The third kappa shape index (κ3) is 6.56. The van der Waals surface area contributed by atoms with Crippen LogP contribution in [0, 0.1) is 11.7 Å². The molecule has 0 amide bonds. The molecule has 3 nitrogen and oxygen atoms in total. The maximum absolute atomic E-state index is 14.6. The summed E-state index contributed by atoms with van der Waals surface area (Å²) in [5.74, 6) is -0.311. The topological polar surface area (TPSA) is 32.7 Å². The van der Waals surface area contributed by atoms with Gasteiger partial charge in [0.2, 0.25) is 0 Å². The van der Waals surface area contributed by atoms with Crippen LogP contribution in [0.3, 0.4) is 0 Å². The molecular weight excluding hydrogens is 493 g/mol. The number of aliphatic hydroxyl groups is 1. The van der Waals surface area contributed by atoms with Crippen molar-refractivity contribution in [1.82, 2.24) is 0 Å². The highest BCUT2D eigenvalue weighted by Gasteiger charge is 2.31. The van der Waals surface area contributed by atoms with Crippen LogP contribution < -0.4 is 9.64 Å². The predicted octanol–water partition coefficient (Wildman–Crippen LogP) is 7.97. The Morgan fingerprint density at radius 1 is 1.00 bits per heavy atom. The number of halogens is 6. The van der Waals surface area contributed by atoms with Crippen molar-refractivity contribution in [3.8, 4) is 11.5 Å². The van der Waals surface area contributed by atoms with E-state index in [2.05, 4.69) is 0 Å². The third-order valence-electron chi connectivity index (χ3n) is 5.25. The first kappa shape index (κ1) is 26.1. The van der Waals surface area contributed by atoms with Gasteiger partial charge in [-0.3, -0.25) is 0 Å². The Labute approximate surface area is 205 Å². The van der Waals surface area contributed by atoms with E-state index in [4.69, 9.17) is 27.9 Å². The lowest BCUT2D eigenvalue weighted by molar-refractivity contribution is -0.137. The molecule has 0 saturated carbocycles. The van der Waals surface area contributed by atoms with Crippen molar-refractivity contribution in [3.05, 3.63) is 87.7 Å². The summed E-state index contributed by atoms with van der Waals surface area (Å²) in [7, 11) is 0. The van der Waals surface area contributed by atoms with Crippen LogP contribution in [0.5, 0.6) is 11.5 Å². The molecule has 0 aromatic heterocycles. The van der Waals surface area contributed by atoms with Crippen molar-refractivity contribution >= 4 is 28.9 Å². The molecule has 1 N–H and O–H groups in total. The number of hydrogen-bond acceptors (Lipinski definition) is 3. The quantitative estimate of drug-likeness (QED) is 0.308. The molecule has 0 aliphatic rings. The fourth-order valence-corrected chi connectivity index (χ4v) is 3.52. The first-order valence-corrected chi connectivity index (χ1v) is 11.2. The van der Waals surface area contributed by atoms with Crippen molar-refractivity contribution in [3.63, 3.8) is 0 Å². The number of benzene rings is 3. The number of nitrogens with zero attached hydrogens (tertiary/aromatic N) is 1. The molecular formula is C25H23Cl2F4NO2. The van der Waals surface area contributed by atoms with Gasteiger partial charge in [0.25, 0.3) is 0 Å². The number of aliphatic hydroxyl groups excluding tert-OH is 1. The number of hydrogen-bond donors (Lipinski definition) is 1. The van der Waals surface area contributed by atoms with E-state index in [0.717, 1.165) is 12.1 Å². The summed E-state index contributed by atoms with van der Waals surface area (Å²) in [5, 5.41) is 11.1. The Bertz CT molecular complexity index is 1140. The minimum Gasteiger partial charge on any atom is -0.456 e. The Balaban J connectivity index is 1.92. The molecule has 0 fully saturated rings. The van der Waals surface area contributed by atoms with Crippen molar-refractivity contribution < 1.29 is 27.4 Å². The second kappa shape index (κ2) is 10.8. The van der Waals surface area contributed by atoms with E-state index in [1.807, 2.05) is 13.8 Å². The van der Waals surface area contributed by atoms with Gasteiger partial charge in [-0.1, -0.05) is 55.2 Å². The molecule has 34 heavy (non-hydrogen) atoms. The molecule has 9 heteroatoms. The first-order valence-electron chi connectivity index (χ1n) is 10.5. The second-order valence-electron chi connectivity index (χ2n) is 8.15. The van der Waals surface area contributed by atoms with E-state index in [1.54, 1.807) is 47.4 Å². The SMILES string of the molecule is CC(C)C(O)CN(Cc1ccc(C(F)(F)F)cc1F)c1cccc(Oc2cccc(Cl)c2Cl)c1. The maximum Gasteiger partial charge on any atom is 0.416 e. The van der Waals surface area contributed by atoms with Crippen LogP contribution in [0.15, 0.2) is 60.7 Å². The van der Waals surface area contributed by atoms with E-state index < -0.39 is 23.7 Å². The summed E-state index contributed by atoms with van der Waals surface area (Å²) in [5.41, 5.74) is -0.417. The number of alkyl halides is 3. The summed E-state index contributed by atoms with van der Waals surface area (Å²) in [6, 6.07) is 14.2. The Hall–Kier alpha value is -2.48. The summed E-state index contributed by atoms with van der Waals surface area (Å²) < 4.78 is 59.2. The largest absolute Gasteiger partial charge is 0.456 e. The van der Waals surface area contributed by atoms with Gasteiger partial charge in [0.15, 0.2) is 0 Å². The lowest BCUT2D eigenvalue weighted by atomic mass is 10.1. The van der Waals surface area contributed by atoms with Crippen molar-refractivity contribution in [1.29, 1.82) is 0 Å². The molecule has 3 rings (SSSR count). The molecule has 0 saturated heterocycles. The summed E-state index contributed by atoms with van der Waals surface area (Å²) in [6.45, 7) is 3.74. The molecule has 3 aromatic rings. The molecule has 0 heterocycles. The Morgan fingerprint density at radius 3 is 2.35 bits per heavy atom. The van der Waals surface area contributed by atoms with Crippen LogP contribution >= 0.6 is 23.2 Å². The Kier molecular flexibility index (Phi) is 8.34. The summed E-state index contributed by atoms with van der Waals surface area (Å²) in [6.07, 6.45) is -5.40. The van der Waals surface area contributed by atoms with Crippen LogP contribution in [0.2, 0.25) is 10.0 Å². The fourth-order valence-electron chi connectivity index (χ4n) is 3.19. The van der Waals surface area contributed by atoms with Gasteiger partial charge >= 0.3 is 6.18 Å². The smallest absolute Gasteiger partial charge is 0.416 e. The third-order valence-corrected chi connectivity index (χ3v) is 6.05. The van der Waals surface area contributed by atoms with E-state index >= 15 is 0 Å². The number of rotatable bonds is 8. The van der Waals surface area contributed by atoms with E-state index in [0.29, 0.717) is 28.3 Å². The van der Waals surface area contributed by atoms with Crippen molar-refractivity contribution in [2.24, 2.45) is 5.92 Å². The van der Waals surface area contributed by atoms with Crippen molar-refractivity contribution in [2.75, 3.05) is 11.4 Å². The lowest BCUT2D eigenvalue weighted by Crippen LogP contribution is -2.35. The number of anilines is 1. The van der Waals surface area contributed by atoms with Crippen LogP contribution in [-0.2, 0) is 12.7 Å². The van der Waals surface area contributed by atoms with E-state index in [9.17, 15) is 22.7 Å². The zero-order chi connectivity index (χ0) is 25.0. The normalized spacial score (nSPS) is 12.6. The molecule has 0 aliphatic carbocycles. The van der Waals surface area contributed by atoms with Gasteiger partial charge < -0.3 is 14.7 Å². The highest BCUT2D eigenvalue weighted by Crippen LogP contribution is 2.36. The van der Waals surface area contributed by atoms with Gasteiger partial charge in [-0.05, 0) is 42.3 Å². The first-order chi connectivity index (χ1) is 16.0. The van der Waals surface area contributed by atoms with E-state index in [1.165, 1.54) is 0 Å².